The number of fused-ring (bicyclic) bond motifs is 1. The smallest absolute Gasteiger partial charge is 0.170 e. The van der Waals surface area contributed by atoms with Crippen molar-refractivity contribution < 1.29 is 13.4 Å². The molecule has 0 aliphatic heterocycles. The quantitative estimate of drug-likeness (QED) is 0.0414. The van der Waals surface area contributed by atoms with Gasteiger partial charge < -0.3 is 0 Å². The third-order valence-electron chi connectivity index (χ3n) is 15.5. The van der Waals surface area contributed by atoms with Gasteiger partial charge in [0.1, 0.15) is 11.0 Å². The van der Waals surface area contributed by atoms with Crippen LogP contribution in [0.5, 0.6) is 0 Å². The zero-order chi connectivity index (χ0) is 50.7. The van der Waals surface area contributed by atoms with E-state index < -0.39 is 11.6 Å². The first-order valence-corrected chi connectivity index (χ1v) is 33.2. The zero-order valence-electron chi connectivity index (χ0n) is 45.6. The van der Waals surface area contributed by atoms with E-state index in [0.29, 0.717) is 32.6 Å². The molecule has 3 aromatic heterocycles. The van der Waals surface area contributed by atoms with E-state index in [0.717, 1.165) is 20.4 Å². The third-order valence-corrected chi connectivity index (χ3v) is 19.4. The van der Waals surface area contributed by atoms with Crippen LogP contribution in [0, 0.1) is 23.5 Å². The second kappa shape index (κ2) is 39.3. The highest BCUT2D eigenvalue weighted by Crippen LogP contribution is 2.47. The number of rotatable bonds is 46. The molecule has 0 aliphatic rings. The van der Waals surface area contributed by atoms with E-state index in [-0.39, 0.29) is 11.1 Å². The predicted molar refractivity (Wildman–Crippen MR) is 316 cm³/mol. The fourth-order valence-corrected chi connectivity index (χ4v) is 14.5. The number of unbranched alkanes of at least 4 members (excludes halogenated alkanes) is 32. The van der Waals surface area contributed by atoms with Crippen LogP contribution < -0.4 is 0 Å². The number of halogens is 4. The Morgan fingerprint density at radius 2 is 0.634 bits per heavy atom. The molecule has 9 heteroatoms. The van der Waals surface area contributed by atoms with Crippen molar-refractivity contribution in [1.29, 1.82) is 0 Å². The molecule has 0 N–H and O–H groups in total. The maximum absolute atomic E-state index is 16.8. The summed E-state index contributed by atoms with van der Waals surface area (Å²) in [6.07, 6.45) is 54.9. The average Bonchev–Trinajstić information content (AvgIpc) is 4.09. The molecule has 0 saturated carbocycles. The average molecular weight is 1150 g/mol. The Labute approximate surface area is 458 Å². The fourth-order valence-electron chi connectivity index (χ4n) is 11.0. The van der Waals surface area contributed by atoms with Gasteiger partial charge in [-0.25, -0.2) is 13.4 Å². The summed E-state index contributed by atoms with van der Waals surface area (Å²) in [6, 6.07) is 4.17. The summed E-state index contributed by atoms with van der Waals surface area (Å²) < 4.78 is 40.9. The lowest BCUT2D eigenvalue weighted by Gasteiger charge is -2.17. The number of hydrogen-bond acceptors (Lipinski definition) is 5. The highest BCUT2D eigenvalue weighted by Gasteiger charge is 2.29. The maximum atomic E-state index is 16.8. The van der Waals surface area contributed by atoms with Gasteiger partial charge in [0.25, 0.3) is 0 Å². The van der Waals surface area contributed by atoms with Crippen molar-refractivity contribution in [3.8, 4) is 20.9 Å². The van der Waals surface area contributed by atoms with Crippen molar-refractivity contribution in [3.63, 3.8) is 0 Å². The molecule has 4 rings (SSSR count). The van der Waals surface area contributed by atoms with Crippen molar-refractivity contribution >= 4 is 65.6 Å². The minimum Gasteiger partial charge on any atom is -0.243 e. The molecule has 3 nitrogen and oxygen atoms in total. The monoisotopic (exact) mass is 1150 g/mol. The lowest BCUT2D eigenvalue weighted by atomic mass is 9.89. The van der Waals surface area contributed by atoms with Gasteiger partial charge in [-0.15, -0.1) is 22.7 Å². The minimum atomic E-state index is -0.871. The molecule has 0 bridgehead atoms. The predicted octanol–water partition coefficient (Wildman–Crippen LogP) is 24.5. The van der Waals surface area contributed by atoms with Crippen molar-refractivity contribution in [3.05, 3.63) is 42.5 Å². The summed E-state index contributed by atoms with van der Waals surface area (Å²) >= 11 is 10.7. The molecule has 4 aromatic rings. The first-order chi connectivity index (χ1) is 34.8. The number of hydrogen-bond donors (Lipinski definition) is 0. The molecule has 0 fully saturated rings. The molecule has 0 spiro atoms. The molecule has 2 atom stereocenters. The summed E-state index contributed by atoms with van der Waals surface area (Å²) in [6.45, 7) is 9.14. The van der Waals surface area contributed by atoms with Crippen LogP contribution in [0.3, 0.4) is 0 Å². The van der Waals surface area contributed by atoms with Gasteiger partial charge in [-0.2, -0.15) is 0 Å². The molecule has 71 heavy (non-hydrogen) atoms. The summed E-state index contributed by atoms with van der Waals surface area (Å²) in [5.74, 6) is -0.600. The van der Waals surface area contributed by atoms with Crippen molar-refractivity contribution in [2.75, 3.05) is 0 Å². The fraction of sp³-hybridized carbons (Fsp3) is 0.774. The molecule has 0 aliphatic carbocycles. The summed E-state index contributed by atoms with van der Waals surface area (Å²) in [5.41, 5.74) is 3.26. The van der Waals surface area contributed by atoms with Crippen LogP contribution in [0.15, 0.2) is 24.3 Å². The first-order valence-electron chi connectivity index (χ1n) is 30.0. The Morgan fingerprint density at radius 3 is 0.887 bits per heavy atom. The summed E-state index contributed by atoms with van der Waals surface area (Å²) in [4.78, 5) is 1.34. The zero-order valence-corrected chi connectivity index (χ0v) is 50.4. The van der Waals surface area contributed by atoms with Crippen LogP contribution in [0.1, 0.15) is 296 Å². The number of thiophene rings is 2. The van der Waals surface area contributed by atoms with Gasteiger partial charge in [-0.05, 0) is 90.1 Å². The maximum Gasteiger partial charge on any atom is 0.170 e. The van der Waals surface area contributed by atoms with E-state index in [1.165, 1.54) is 291 Å². The first kappa shape index (κ1) is 62.4. The number of benzene rings is 1. The van der Waals surface area contributed by atoms with Gasteiger partial charge in [0.05, 0.1) is 18.7 Å². The van der Waals surface area contributed by atoms with Gasteiger partial charge >= 0.3 is 0 Å². The molecule has 3 heterocycles. The van der Waals surface area contributed by atoms with Gasteiger partial charge in [0, 0.05) is 9.75 Å². The summed E-state index contributed by atoms with van der Waals surface area (Å²) in [7, 11) is 0. The SMILES string of the molecule is CCCCCCCCCCCCC(CCCCCCCCCC)Cc1cc(-c2c(F)c(F)c(-c3cc(CC(CCCCCCCCCC)CCCCCCCCCCCC)c(Br)s3)c3nonc23)sc1Br. The van der Waals surface area contributed by atoms with Crippen LogP contribution in [-0.2, 0) is 12.8 Å². The largest absolute Gasteiger partial charge is 0.243 e. The molecule has 0 amide bonds. The molecular weight excluding hydrogens is 1050 g/mol. The molecule has 404 valence electrons. The Balaban J connectivity index is 1.44. The van der Waals surface area contributed by atoms with Crippen LogP contribution in [0.25, 0.3) is 31.9 Å². The molecule has 1 aromatic carbocycles. The molecule has 0 saturated heterocycles. The minimum absolute atomic E-state index is 0.159. The van der Waals surface area contributed by atoms with Gasteiger partial charge in [0.2, 0.25) is 0 Å². The molecular formula is C62H100Br2F2N2OS2. The molecule has 0 radical (unpaired) electrons. The van der Waals surface area contributed by atoms with Crippen molar-refractivity contribution in [2.24, 2.45) is 11.8 Å². The van der Waals surface area contributed by atoms with E-state index >= 15 is 8.78 Å². The van der Waals surface area contributed by atoms with E-state index in [2.05, 4.69) is 82.0 Å². The lowest BCUT2D eigenvalue weighted by molar-refractivity contribution is 0.315. The van der Waals surface area contributed by atoms with Gasteiger partial charge in [0.15, 0.2) is 11.6 Å². The van der Waals surface area contributed by atoms with Crippen LogP contribution in [0.4, 0.5) is 8.78 Å². The number of nitrogens with zero attached hydrogens (tertiary/aromatic N) is 2. The standard InChI is InChI=1S/C62H100Br2F2N2OS2/c1-5-9-13-17-21-25-27-31-35-39-43-49(41-37-33-29-23-19-15-11-7-3)45-51-47-53(70-61(51)63)55-57(65)58(66)56(60-59(55)67-69-68-60)54-48-52(62(64)71-54)46-50(42-38-34-30-24-20-16-12-8-4)44-40-36-32-28-26-22-18-14-10-6-2/h47-50H,5-46H2,1-4H3. The van der Waals surface area contributed by atoms with Gasteiger partial charge in [-0.1, -0.05) is 285 Å². The third kappa shape index (κ3) is 24.2. The van der Waals surface area contributed by atoms with Crippen molar-refractivity contribution in [2.45, 2.75) is 297 Å². The topological polar surface area (TPSA) is 38.9 Å². The highest BCUT2D eigenvalue weighted by molar-refractivity contribution is 9.11. The lowest BCUT2D eigenvalue weighted by Crippen LogP contribution is -2.05. The van der Waals surface area contributed by atoms with E-state index in [1.807, 2.05) is 0 Å². The van der Waals surface area contributed by atoms with E-state index in [1.54, 1.807) is 0 Å². The van der Waals surface area contributed by atoms with Gasteiger partial charge in [-0.3, -0.25) is 0 Å². The Bertz CT molecular complexity index is 1810. The number of aromatic nitrogens is 2. The Kier molecular flexibility index (Phi) is 34.5. The van der Waals surface area contributed by atoms with E-state index in [9.17, 15) is 0 Å². The van der Waals surface area contributed by atoms with Crippen molar-refractivity contribution in [1.82, 2.24) is 10.3 Å². The second-order valence-electron chi connectivity index (χ2n) is 21.8. The normalized spacial score (nSPS) is 12.8. The van der Waals surface area contributed by atoms with Crippen LogP contribution in [0.2, 0.25) is 0 Å². The Hall–Kier alpha value is -1.16. The second-order valence-corrected chi connectivity index (χ2v) is 26.5. The van der Waals surface area contributed by atoms with E-state index in [4.69, 9.17) is 4.63 Å². The van der Waals surface area contributed by atoms with Crippen LogP contribution in [-0.4, -0.2) is 10.3 Å². The Morgan fingerprint density at radius 1 is 0.394 bits per heavy atom. The highest BCUT2D eigenvalue weighted by atomic mass is 79.9. The molecule has 2 unspecified atom stereocenters. The summed E-state index contributed by atoms with van der Waals surface area (Å²) in [5, 5.41) is 8.54. The van der Waals surface area contributed by atoms with Crippen LogP contribution >= 0.6 is 54.5 Å².